The maximum atomic E-state index is 11.6. The molecule has 0 fully saturated rings. The van der Waals surface area contributed by atoms with Crippen molar-refractivity contribution in [3.05, 3.63) is 0 Å². The zero-order chi connectivity index (χ0) is 33.7. The van der Waals surface area contributed by atoms with Crippen LogP contribution in [-0.2, 0) is 71.2 Å². The topological polar surface area (TPSA) is 154 Å². The van der Waals surface area contributed by atoms with E-state index >= 15 is 0 Å². The number of esters is 1. The molecule has 0 saturated heterocycles. The van der Waals surface area contributed by atoms with Gasteiger partial charge in [-0.05, 0) is 20.8 Å². The van der Waals surface area contributed by atoms with Gasteiger partial charge in [-0.25, -0.2) is 0 Å². The monoisotopic (exact) mass is 672 g/mol. The second-order valence-corrected chi connectivity index (χ2v) is 10.3. The minimum atomic E-state index is -0.476. The number of aldehydes is 1. The van der Waals surface area contributed by atoms with E-state index in [1.54, 1.807) is 0 Å². The van der Waals surface area contributed by atoms with Crippen LogP contribution in [0.3, 0.4) is 0 Å². The highest BCUT2D eigenvalue weighted by molar-refractivity contribution is 5.69. The molecule has 0 aliphatic rings. The van der Waals surface area contributed by atoms with Gasteiger partial charge < -0.3 is 66.4 Å². The summed E-state index contributed by atoms with van der Waals surface area (Å²) in [5.41, 5.74) is -0.476. The summed E-state index contributed by atoms with van der Waals surface area (Å²) in [6, 6.07) is 0. The van der Waals surface area contributed by atoms with Gasteiger partial charge in [-0.15, -0.1) is 0 Å². The molecule has 0 aromatic carbocycles. The molecule has 0 unspecified atom stereocenters. The van der Waals surface area contributed by atoms with E-state index in [0.717, 1.165) is 0 Å². The van der Waals surface area contributed by atoms with E-state index in [2.05, 4.69) is 0 Å². The molecule has 0 N–H and O–H groups in total. The maximum Gasteiger partial charge on any atom is 0.308 e. The first-order valence-electron chi connectivity index (χ1n) is 16.0. The Morgan fingerprint density at radius 2 is 0.609 bits per heavy atom. The minimum absolute atomic E-state index is 0.0955. The van der Waals surface area contributed by atoms with Gasteiger partial charge in [-0.2, -0.15) is 0 Å². The van der Waals surface area contributed by atoms with Crippen LogP contribution in [0, 0.1) is 0 Å². The molecular formula is C31H60O15. The van der Waals surface area contributed by atoms with Crippen molar-refractivity contribution in [2.75, 3.05) is 159 Å². The average molecular weight is 673 g/mol. The number of rotatable bonds is 38. The van der Waals surface area contributed by atoms with Gasteiger partial charge in [0.25, 0.3) is 0 Å². The maximum absolute atomic E-state index is 11.6. The molecule has 15 nitrogen and oxygen atoms in total. The van der Waals surface area contributed by atoms with Crippen molar-refractivity contribution in [1.82, 2.24) is 0 Å². The summed E-state index contributed by atoms with van der Waals surface area (Å²) < 4.78 is 69.8. The quantitative estimate of drug-likeness (QED) is 0.0522. The fourth-order valence-electron chi connectivity index (χ4n) is 3.10. The summed E-state index contributed by atoms with van der Waals surface area (Å²) in [6.45, 7) is 16.3. The van der Waals surface area contributed by atoms with Crippen LogP contribution in [0.4, 0.5) is 0 Å². The van der Waals surface area contributed by atoms with E-state index < -0.39 is 5.60 Å². The molecule has 0 aliphatic heterocycles. The molecule has 0 saturated carbocycles. The highest BCUT2D eigenvalue weighted by Crippen LogP contribution is 2.08. The second-order valence-electron chi connectivity index (χ2n) is 10.3. The van der Waals surface area contributed by atoms with Crippen LogP contribution in [-0.4, -0.2) is 176 Å². The zero-order valence-electron chi connectivity index (χ0n) is 28.4. The molecule has 0 aliphatic carbocycles. The van der Waals surface area contributed by atoms with Crippen molar-refractivity contribution in [3.8, 4) is 0 Å². The summed E-state index contributed by atoms with van der Waals surface area (Å²) in [6.07, 6.45) is 0.937. The third kappa shape index (κ3) is 40.7. The predicted octanol–water partition coefficient (Wildman–Crippen LogP) is 1.12. The highest BCUT2D eigenvalue weighted by atomic mass is 16.6. The van der Waals surface area contributed by atoms with E-state index in [4.69, 9.17) is 61.6 Å². The first-order valence-corrected chi connectivity index (χ1v) is 16.0. The van der Waals surface area contributed by atoms with Crippen molar-refractivity contribution in [2.45, 2.75) is 32.8 Å². The summed E-state index contributed by atoms with van der Waals surface area (Å²) >= 11 is 0. The second kappa shape index (κ2) is 36.5. The van der Waals surface area contributed by atoms with Gasteiger partial charge in [0, 0.05) is 0 Å². The highest BCUT2D eigenvalue weighted by Gasteiger charge is 2.15. The first-order chi connectivity index (χ1) is 22.5. The van der Waals surface area contributed by atoms with Gasteiger partial charge in [-0.3, -0.25) is 4.79 Å². The third-order valence-electron chi connectivity index (χ3n) is 5.15. The zero-order valence-corrected chi connectivity index (χ0v) is 28.4. The van der Waals surface area contributed by atoms with Crippen molar-refractivity contribution in [1.29, 1.82) is 0 Å². The van der Waals surface area contributed by atoms with E-state index in [-0.39, 0.29) is 19.0 Å². The summed E-state index contributed by atoms with van der Waals surface area (Å²) in [7, 11) is 0. The first kappa shape index (κ1) is 44.7. The van der Waals surface area contributed by atoms with E-state index in [9.17, 15) is 9.59 Å². The van der Waals surface area contributed by atoms with Crippen molar-refractivity contribution >= 4 is 12.3 Å². The third-order valence-corrected chi connectivity index (χ3v) is 5.15. The molecule has 15 heteroatoms. The SMILES string of the molecule is CC(C)(C)OC(=O)CCOCCOCCOCCOCCOCCOCCOCCOCCOCCOCCOCCOCC=O. The number of carbonyl (C=O) groups is 2. The van der Waals surface area contributed by atoms with E-state index in [1.807, 2.05) is 20.8 Å². The minimum Gasteiger partial charge on any atom is -0.460 e. The lowest BCUT2D eigenvalue weighted by molar-refractivity contribution is -0.156. The fourth-order valence-corrected chi connectivity index (χ4v) is 3.10. The summed E-state index contributed by atoms with van der Waals surface area (Å²) in [5.74, 6) is -0.268. The number of hydrogen-bond acceptors (Lipinski definition) is 15. The van der Waals surface area contributed by atoms with Crippen LogP contribution < -0.4 is 0 Å². The Labute approximate surface area is 274 Å². The van der Waals surface area contributed by atoms with Gasteiger partial charge in [0.15, 0.2) is 0 Å². The number of carbonyl (C=O) groups excluding carboxylic acids is 2. The van der Waals surface area contributed by atoms with Crippen LogP contribution in [0.15, 0.2) is 0 Å². The van der Waals surface area contributed by atoms with Gasteiger partial charge in [0.2, 0.25) is 0 Å². The number of hydrogen-bond donors (Lipinski definition) is 0. The largest absolute Gasteiger partial charge is 0.460 e. The predicted molar refractivity (Wildman–Crippen MR) is 166 cm³/mol. The average Bonchev–Trinajstić information content (AvgIpc) is 3.01. The van der Waals surface area contributed by atoms with Gasteiger partial charge in [-0.1, -0.05) is 0 Å². The molecule has 274 valence electrons. The van der Waals surface area contributed by atoms with Crippen LogP contribution in [0.25, 0.3) is 0 Å². The van der Waals surface area contributed by atoms with E-state index in [0.29, 0.717) is 158 Å². The summed E-state index contributed by atoms with van der Waals surface area (Å²) in [5, 5.41) is 0. The van der Waals surface area contributed by atoms with Crippen LogP contribution in [0.1, 0.15) is 27.2 Å². The van der Waals surface area contributed by atoms with Crippen LogP contribution in [0.5, 0.6) is 0 Å². The molecule has 0 heterocycles. The molecule has 0 radical (unpaired) electrons. The van der Waals surface area contributed by atoms with Crippen LogP contribution in [0.2, 0.25) is 0 Å². The Balaban J connectivity index is 3.09. The molecule has 0 rings (SSSR count). The Kier molecular flexibility index (Phi) is 35.4. The Hall–Kier alpha value is -1.34. The molecular weight excluding hydrogens is 612 g/mol. The van der Waals surface area contributed by atoms with Crippen molar-refractivity contribution in [2.24, 2.45) is 0 Å². The molecule has 0 aromatic heterocycles. The smallest absolute Gasteiger partial charge is 0.308 e. The lowest BCUT2D eigenvalue weighted by Crippen LogP contribution is -2.24. The Morgan fingerprint density at radius 3 is 0.826 bits per heavy atom. The fraction of sp³-hybridized carbons (Fsp3) is 0.935. The molecule has 0 spiro atoms. The summed E-state index contributed by atoms with van der Waals surface area (Å²) in [4.78, 5) is 21.6. The number of ether oxygens (including phenoxy) is 13. The van der Waals surface area contributed by atoms with Gasteiger partial charge in [0.1, 0.15) is 18.5 Å². The van der Waals surface area contributed by atoms with Crippen molar-refractivity contribution in [3.63, 3.8) is 0 Å². The molecule has 0 bridgehead atoms. The Bertz CT molecular complexity index is 634. The lowest BCUT2D eigenvalue weighted by atomic mass is 10.2. The van der Waals surface area contributed by atoms with Crippen molar-refractivity contribution < 1.29 is 71.2 Å². The standard InChI is InChI=1S/C31H60O15/c1-31(2,3)46-30(33)4-6-34-8-10-36-12-14-38-16-18-40-20-22-42-24-26-44-28-29-45-27-25-43-23-21-41-19-17-39-15-13-37-11-9-35-7-5-32/h5H,4,6-29H2,1-3H3. The lowest BCUT2D eigenvalue weighted by Gasteiger charge is -2.19. The van der Waals surface area contributed by atoms with Gasteiger partial charge >= 0.3 is 5.97 Å². The molecule has 0 aromatic rings. The Morgan fingerprint density at radius 1 is 0.391 bits per heavy atom. The van der Waals surface area contributed by atoms with E-state index in [1.165, 1.54) is 0 Å². The normalized spacial score (nSPS) is 11.7. The van der Waals surface area contributed by atoms with Crippen LogP contribution >= 0.6 is 0 Å². The molecule has 0 amide bonds. The molecule has 46 heavy (non-hydrogen) atoms. The molecule has 0 atom stereocenters. The van der Waals surface area contributed by atoms with Gasteiger partial charge in [0.05, 0.1) is 158 Å².